The lowest BCUT2D eigenvalue weighted by molar-refractivity contribution is -0.160. The molecular formula is C75H107ClF3N13O12. The SMILES string of the molecule is CC[C@H](C)[C@@H]1NC(=O)[C@H](CC(C)C)N(C)C(=O)C[C@@H](C(=O)N(C)C)N(C)C(=O)[C@H]([C@@H](C)CC)N(C)C(=O)C2(CCCC2)NC(=O)[C@H](Cc2cccnc2)N(C)C(=O)[C@H](CCc2ccc(C(F)(F)F)c(Cl)c2)NC(=O)CN(C)C(=O)[C@H](Cc2ccc(C)cc2)N(C)C(=O)[C@@H]2CCN2C(=O)[C@H](C)N(C)C1=O. The molecule has 3 aromatic rings. The fourth-order valence-corrected chi connectivity index (χ4v) is 14.1. The molecular weight excluding hydrogens is 1370 g/mol. The van der Waals surface area contributed by atoms with Gasteiger partial charge in [0.25, 0.3) is 0 Å². The molecule has 25 nitrogen and oxygen atoms in total. The first kappa shape index (κ1) is 84.2. The third-order valence-corrected chi connectivity index (χ3v) is 21.5. The summed E-state index contributed by atoms with van der Waals surface area (Å²) in [5, 5.41) is 8.03. The van der Waals surface area contributed by atoms with Gasteiger partial charge in [-0.15, -0.1) is 0 Å². The minimum Gasteiger partial charge on any atom is -0.347 e. The van der Waals surface area contributed by atoms with Gasteiger partial charge in [0.2, 0.25) is 70.9 Å². The Morgan fingerprint density at radius 1 is 0.683 bits per heavy atom. The lowest BCUT2D eigenvalue weighted by Crippen LogP contribution is -2.65. The van der Waals surface area contributed by atoms with Crippen LogP contribution in [-0.2, 0) is 83.0 Å². The van der Waals surface area contributed by atoms with Crippen molar-refractivity contribution in [2.24, 2.45) is 17.8 Å². The highest BCUT2D eigenvalue weighted by atomic mass is 35.5. The number of nitrogens with one attached hydrogen (secondary N) is 3. The van der Waals surface area contributed by atoms with Gasteiger partial charge in [-0.3, -0.25) is 62.5 Å². The highest BCUT2D eigenvalue weighted by Crippen LogP contribution is 2.37. The van der Waals surface area contributed by atoms with Gasteiger partial charge in [-0.2, -0.15) is 13.2 Å². The molecule has 2 saturated heterocycles. The van der Waals surface area contributed by atoms with Gasteiger partial charge in [-0.1, -0.05) is 121 Å². The number of pyridine rings is 1. The Morgan fingerprint density at radius 2 is 1.29 bits per heavy atom. The van der Waals surface area contributed by atoms with Crippen molar-refractivity contribution < 1.29 is 70.7 Å². The van der Waals surface area contributed by atoms with E-state index in [1.165, 1.54) is 118 Å². The lowest BCUT2D eigenvalue weighted by atomic mass is 9.90. The molecule has 6 rings (SSSR count). The molecule has 104 heavy (non-hydrogen) atoms. The Hall–Kier alpha value is -8.69. The number of aromatic nitrogens is 1. The van der Waals surface area contributed by atoms with Crippen molar-refractivity contribution in [3.05, 3.63) is 99.8 Å². The summed E-state index contributed by atoms with van der Waals surface area (Å²) in [5.41, 5.74) is -0.550. The third kappa shape index (κ3) is 20.2. The number of alkyl halides is 3. The van der Waals surface area contributed by atoms with Crippen molar-refractivity contribution in [2.45, 2.75) is 205 Å². The summed E-state index contributed by atoms with van der Waals surface area (Å²) in [7, 11) is 12.5. The molecule has 1 spiro atoms. The quantitative estimate of drug-likeness (QED) is 0.179. The number of fused-ring (bicyclic) bond motifs is 1. The van der Waals surface area contributed by atoms with Gasteiger partial charge < -0.3 is 60.0 Å². The minimum absolute atomic E-state index is 0.0674. The highest BCUT2D eigenvalue weighted by molar-refractivity contribution is 6.31. The van der Waals surface area contributed by atoms with Crippen LogP contribution >= 0.6 is 11.6 Å². The Kier molecular flexibility index (Phi) is 29.4. The monoisotopic (exact) mass is 1470 g/mol. The molecule has 11 atom stereocenters. The fraction of sp³-hybridized carbons (Fsp3) is 0.613. The number of carbonyl (C=O) groups excluding carboxylic acids is 12. The maximum absolute atomic E-state index is 15.7. The van der Waals surface area contributed by atoms with Crippen LogP contribution in [0.4, 0.5) is 13.2 Å². The maximum atomic E-state index is 15.7. The van der Waals surface area contributed by atoms with Crippen molar-refractivity contribution in [1.82, 2.24) is 65.0 Å². The molecule has 0 unspecified atom stereocenters. The number of nitrogens with zero attached hydrogens (tertiary/aromatic N) is 10. The number of hydrogen-bond donors (Lipinski definition) is 3. The second-order valence-corrected chi connectivity index (χ2v) is 29.7. The largest absolute Gasteiger partial charge is 0.417 e. The second-order valence-electron chi connectivity index (χ2n) is 29.3. The molecule has 1 aromatic heterocycles. The highest BCUT2D eigenvalue weighted by Gasteiger charge is 2.51. The molecule has 12 amide bonds. The molecule has 572 valence electrons. The number of rotatable bonds is 14. The molecule has 1 aliphatic carbocycles. The standard InChI is InChI=1S/C75H107ClF3N13O12/c1-18-46(6)62-71(102)86(12)48(8)66(97)92-36-32-55(92)70(101)89(15)58(39-50-26-24-45(5)25-27-50)69(100)85(11)43-60(93)81-54(31-29-49-28-30-52(53(76)38-49)75(77,78)79)67(98)88(14)57(40-51-23-22-35-80-42-51)65(96)83-74(33-20-21-34-74)73(104)91(17)63(47(7)19-2)72(103)90(16)59(68(99)84(9)10)41-61(94)87(13)56(37-44(3)4)64(95)82-62/h22-28,30,35,38,42,44,46-48,54-59,62-63H,18-21,29,31-34,36-37,39-41,43H2,1-17H3,(H,81,93)(H,82,95)(H,83,96)/t46-,47-,48-,54-,55-,56-,57-,58-,59-,62-,63-/m0/s1. The molecule has 3 fully saturated rings. The van der Waals surface area contributed by atoms with Crippen molar-refractivity contribution >= 4 is 82.5 Å². The zero-order chi connectivity index (χ0) is 77.7. The van der Waals surface area contributed by atoms with E-state index in [0.29, 0.717) is 36.8 Å². The van der Waals surface area contributed by atoms with E-state index in [1.54, 1.807) is 38.1 Å². The summed E-state index contributed by atoms with van der Waals surface area (Å²) in [5.74, 6) is -10.0. The fourth-order valence-electron chi connectivity index (χ4n) is 13.8. The zero-order valence-electron chi connectivity index (χ0n) is 63.3. The number of amides is 12. The Balaban J connectivity index is 1.50. The maximum Gasteiger partial charge on any atom is 0.417 e. The van der Waals surface area contributed by atoms with E-state index in [1.807, 2.05) is 46.8 Å². The van der Waals surface area contributed by atoms with Crippen LogP contribution in [0.15, 0.2) is 67.0 Å². The van der Waals surface area contributed by atoms with E-state index < -0.39 is 172 Å². The topological polar surface area (TPSA) is 283 Å². The third-order valence-electron chi connectivity index (χ3n) is 21.2. The summed E-state index contributed by atoms with van der Waals surface area (Å²) < 4.78 is 41.9. The number of aryl methyl sites for hydroxylation is 2. The first-order chi connectivity index (χ1) is 48.7. The molecule has 1 saturated carbocycles. The molecule has 0 radical (unpaired) electrons. The van der Waals surface area contributed by atoms with Crippen LogP contribution in [-0.4, -0.2) is 256 Å². The van der Waals surface area contributed by atoms with E-state index in [-0.39, 0.29) is 69.4 Å². The number of hydrogen-bond acceptors (Lipinski definition) is 13. The normalized spacial score (nSPS) is 24.9. The number of carbonyl (C=O) groups is 12. The average molecular weight is 1480 g/mol. The van der Waals surface area contributed by atoms with Gasteiger partial charge in [0, 0.05) is 95.2 Å². The number of benzene rings is 2. The Labute approximate surface area is 614 Å². The van der Waals surface area contributed by atoms with Crippen LogP contribution in [0.2, 0.25) is 5.02 Å². The van der Waals surface area contributed by atoms with E-state index in [9.17, 15) is 46.7 Å². The van der Waals surface area contributed by atoms with Crippen molar-refractivity contribution in [1.29, 1.82) is 0 Å². The van der Waals surface area contributed by atoms with Crippen molar-refractivity contribution in [3.8, 4) is 0 Å². The van der Waals surface area contributed by atoms with Crippen molar-refractivity contribution in [2.75, 3.05) is 76.5 Å². The summed E-state index contributed by atoms with van der Waals surface area (Å²) >= 11 is 6.19. The predicted octanol–water partition coefficient (Wildman–Crippen LogP) is 5.55. The molecule has 3 heterocycles. The number of likely N-dealkylation sites (N-methyl/N-ethyl adjacent to an activating group) is 8. The van der Waals surface area contributed by atoms with Gasteiger partial charge in [0.1, 0.15) is 59.9 Å². The first-order valence-electron chi connectivity index (χ1n) is 35.8. The van der Waals surface area contributed by atoms with Crippen LogP contribution in [0, 0.1) is 24.7 Å². The van der Waals surface area contributed by atoms with Gasteiger partial charge in [0.15, 0.2) is 0 Å². The lowest BCUT2D eigenvalue weighted by Gasteiger charge is -2.45. The smallest absolute Gasteiger partial charge is 0.347 e. The summed E-state index contributed by atoms with van der Waals surface area (Å²) in [6.07, 6.45) is -1.14. The summed E-state index contributed by atoms with van der Waals surface area (Å²) in [6.45, 7) is 13.6. The second kappa shape index (κ2) is 36.3. The predicted molar refractivity (Wildman–Crippen MR) is 385 cm³/mol. The average Bonchev–Trinajstić information content (AvgIpc) is 1.14. The van der Waals surface area contributed by atoms with Crippen LogP contribution in [0.5, 0.6) is 0 Å². The summed E-state index contributed by atoms with van der Waals surface area (Å²) in [6, 6.07) is 1.62. The molecule has 3 aliphatic rings. The van der Waals surface area contributed by atoms with Gasteiger partial charge in [0.05, 0.1) is 23.6 Å². The first-order valence-corrected chi connectivity index (χ1v) is 36.2. The van der Waals surface area contributed by atoms with E-state index in [2.05, 4.69) is 20.9 Å². The van der Waals surface area contributed by atoms with Crippen LogP contribution in [0.3, 0.4) is 0 Å². The van der Waals surface area contributed by atoms with E-state index in [4.69, 9.17) is 11.6 Å². The van der Waals surface area contributed by atoms with E-state index in [0.717, 1.165) is 32.4 Å². The Morgan fingerprint density at radius 3 is 1.84 bits per heavy atom. The van der Waals surface area contributed by atoms with Crippen molar-refractivity contribution in [3.63, 3.8) is 0 Å². The van der Waals surface area contributed by atoms with Crippen LogP contribution in [0.25, 0.3) is 0 Å². The van der Waals surface area contributed by atoms with Gasteiger partial charge in [-0.05, 0) is 105 Å². The minimum atomic E-state index is -4.80. The van der Waals surface area contributed by atoms with Gasteiger partial charge >= 0.3 is 6.18 Å². The van der Waals surface area contributed by atoms with Gasteiger partial charge in [-0.25, -0.2) is 0 Å². The number of halogens is 4. The molecule has 2 aliphatic heterocycles. The van der Waals surface area contributed by atoms with E-state index >= 15 is 24.0 Å². The molecule has 2 aromatic carbocycles. The molecule has 0 bridgehead atoms. The Bertz CT molecular complexity index is 3600. The zero-order valence-corrected chi connectivity index (χ0v) is 64.0. The molecule has 29 heteroatoms. The van der Waals surface area contributed by atoms with Crippen LogP contribution in [0.1, 0.15) is 140 Å². The summed E-state index contributed by atoms with van der Waals surface area (Å²) in [4.78, 5) is 195. The van der Waals surface area contributed by atoms with Crippen LogP contribution < -0.4 is 16.0 Å². The molecule has 3 N–H and O–H groups in total.